The molecule has 0 atom stereocenters. The molecule has 1 fully saturated rings. The van der Waals surface area contributed by atoms with Crippen molar-refractivity contribution in [3.05, 3.63) is 53.0 Å². The summed E-state index contributed by atoms with van der Waals surface area (Å²) in [6, 6.07) is 14.9. The largest absolute Gasteiger partial charge is 0.490 e. The third-order valence-electron chi connectivity index (χ3n) is 7.09. The molecule has 3 aromatic rings. The Hall–Kier alpha value is -2.97. The highest BCUT2D eigenvalue weighted by Crippen LogP contribution is 2.30. The molecule has 9 nitrogen and oxygen atoms in total. The SMILES string of the molecule is CCN(CC)c1nc(NCC2CCC(CNS(=O)(=O)c3ccc(Br)cc3)CC2)nc2ccccc12.O=C(O)C(F)(F)F. The van der Waals surface area contributed by atoms with Crippen molar-refractivity contribution in [2.45, 2.75) is 50.6 Å². The Kier molecular flexibility index (Phi) is 11.9. The molecule has 230 valence electrons. The van der Waals surface area contributed by atoms with Crippen molar-refractivity contribution in [3.63, 3.8) is 0 Å². The summed E-state index contributed by atoms with van der Waals surface area (Å²) in [6.45, 7) is 7.39. The maximum absolute atomic E-state index is 12.6. The van der Waals surface area contributed by atoms with Crippen LogP contribution in [0.4, 0.5) is 24.9 Å². The third kappa shape index (κ3) is 9.53. The van der Waals surface area contributed by atoms with Crippen molar-refractivity contribution in [3.8, 4) is 0 Å². The highest BCUT2D eigenvalue weighted by molar-refractivity contribution is 9.10. The lowest BCUT2D eigenvalue weighted by Crippen LogP contribution is -2.32. The van der Waals surface area contributed by atoms with Gasteiger partial charge in [0.25, 0.3) is 0 Å². The molecule has 3 N–H and O–H groups in total. The lowest BCUT2D eigenvalue weighted by Gasteiger charge is -2.29. The third-order valence-corrected chi connectivity index (χ3v) is 9.06. The van der Waals surface area contributed by atoms with E-state index in [-0.39, 0.29) is 0 Å². The fourth-order valence-electron chi connectivity index (χ4n) is 4.70. The lowest BCUT2D eigenvalue weighted by molar-refractivity contribution is -0.192. The maximum Gasteiger partial charge on any atom is 0.490 e. The van der Waals surface area contributed by atoms with Gasteiger partial charge in [0.1, 0.15) is 5.82 Å². The molecule has 1 aliphatic rings. The summed E-state index contributed by atoms with van der Waals surface area (Å²) >= 11 is 3.34. The van der Waals surface area contributed by atoms with E-state index in [1.54, 1.807) is 24.3 Å². The normalized spacial score (nSPS) is 17.3. The van der Waals surface area contributed by atoms with Crippen molar-refractivity contribution in [1.29, 1.82) is 0 Å². The second kappa shape index (κ2) is 15.0. The van der Waals surface area contributed by atoms with E-state index in [4.69, 9.17) is 19.9 Å². The van der Waals surface area contributed by atoms with Crippen LogP contribution in [-0.2, 0) is 14.8 Å². The highest BCUT2D eigenvalue weighted by atomic mass is 79.9. The Labute approximate surface area is 252 Å². The van der Waals surface area contributed by atoms with Crippen LogP contribution in [0.3, 0.4) is 0 Å². The molecular formula is C28H35BrF3N5O4S. The van der Waals surface area contributed by atoms with Crippen molar-refractivity contribution < 1.29 is 31.5 Å². The lowest BCUT2D eigenvalue weighted by atomic mass is 9.82. The van der Waals surface area contributed by atoms with Gasteiger partial charge in [-0.2, -0.15) is 18.2 Å². The molecule has 0 bridgehead atoms. The molecule has 0 amide bonds. The topological polar surface area (TPSA) is 125 Å². The zero-order chi connectivity index (χ0) is 30.9. The smallest absolute Gasteiger partial charge is 0.475 e. The molecule has 0 aliphatic heterocycles. The molecule has 0 saturated heterocycles. The maximum atomic E-state index is 12.6. The summed E-state index contributed by atoms with van der Waals surface area (Å²) in [7, 11) is -3.47. The van der Waals surface area contributed by atoms with Gasteiger partial charge in [-0.1, -0.05) is 28.1 Å². The molecule has 4 rings (SSSR count). The van der Waals surface area contributed by atoms with Gasteiger partial charge in [-0.15, -0.1) is 0 Å². The Morgan fingerprint density at radius 3 is 2.07 bits per heavy atom. The second-order valence-electron chi connectivity index (χ2n) is 9.94. The van der Waals surface area contributed by atoms with E-state index in [1.165, 1.54) is 0 Å². The molecule has 1 saturated carbocycles. The van der Waals surface area contributed by atoms with Crippen LogP contribution in [0.1, 0.15) is 39.5 Å². The monoisotopic (exact) mass is 673 g/mol. The van der Waals surface area contributed by atoms with Gasteiger partial charge in [0.15, 0.2) is 0 Å². The van der Waals surface area contributed by atoms with E-state index in [0.717, 1.165) is 66.5 Å². The minimum Gasteiger partial charge on any atom is -0.475 e. The van der Waals surface area contributed by atoms with Crippen molar-refractivity contribution in [2.75, 3.05) is 36.4 Å². The van der Waals surface area contributed by atoms with Crippen LogP contribution in [0.25, 0.3) is 10.9 Å². The van der Waals surface area contributed by atoms with Crippen molar-refractivity contribution in [1.82, 2.24) is 14.7 Å². The summed E-state index contributed by atoms with van der Waals surface area (Å²) in [5.74, 6) is -0.212. The number of benzene rings is 2. The molecule has 1 heterocycles. The molecule has 14 heteroatoms. The first-order valence-electron chi connectivity index (χ1n) is 13.6. The quantitative estimate of drug-likeness (QED) is 0.237. The van der Waals surface area contributed by atoms with E-state index in [1.807, 2.05) is 18.2 Å². The van der Waals surface area contributed by atoms with Crippen LogP contribution in [-0.4, -0.2) is 61.8 Å². The molecular weight excluding hydrogens is 639 g/mol. The van der Waals surface area contributed by atoms with E-state index >= 15 is 0 Å². The number of fused-ring (bicyclic) bond motifs is 1. The Morgan fingerprint density at radius 1 is 0.976 bits per heavy atom. The van der Waals surface area contributed by atoms with Gasteiger partial charge in [0.2, 0.25) is 16.0 Å². The molecule has 1 aromatic heterocycles. The first-order valence-corrected chi connectivity index (χ1v) is 15.9. The van der Waals surface area contributed by atoms with Crippen LogP contribution in [0, 0.1) is 11.8 Å². The van der Waals surface area contributed by atoms with E-state index < -0.39 is 22.2 Å². The highest BCUT2D eigenvalue weighted by Gasteiger charge is 2.38. The molecule has 42 heavy (non-hydrogen) atoms. The number of aromatic nitrogens is 2. The Balaban J connectivity index is 0.000000616. The van der Waals surface area contributed by atoms with E-state index in [2.05, 4.69) is 50.8 Å². The standard InChI is InChI=1S/C26H34BrN5O2S.C2HF3O2/c1-3-32(4-2)25-23-7-5-6-8-24(23)30-26(31-25)28-17-19-9-11-20(12-10-19)18-29-35(33,34)22-15-13-21(27)14-16-22;3-2(4,5)1(6)7/h5-8,13-16,19-20,29H,3-4,9-12,17-18H2,1-2H3,(H,28,30,31);(H,6,7). The number of carboxylic acid groups (broad SMARTS) is 1. The van der Waals surface area contributed by atoms with Crippen LogP contribution >= 0.6 is 15.9 Å². The molecule has 0 unspecified atom stereocenters. The molecule has 0 radical (unpaired) electrons. The first kappa shape index (κ1) is 33.5. The number of carboxylic acids is 1. The van der Waals surface area contributed by atoms with Crippen molar-refractivity contribution in [2.24, 2.45) is 11.8 Å². The predicted molar refractivity (Wildman–Crippen MR) is 160 cm³/mol. The Bertz CT molecular complexity index is 1430. The van der Waals surface area contributed by atoms with Gasteiger partial charge in [0.05, 0.1) is 10.4 Å². The average Bonchev–Trinajstić information content (AvgIpc) is 2.96. The number of aliphatic carboxylic acids is 1. The predicted octanol–water partition coefficient (Wildman–Crippen LogP) is 6.07. The number of sulfonamides is 1. The van der Waals surface area contributed by atoms with Gasteiger partial charge >= 0.3 is 12.1 Å². The molecule has 1 aliphatic carbocycles. The van der Waals surface area contributed by atoms with Crippen molar-refractivity contribution >= 4 is 54.6 Å². The summed E-state index contributed by atoms with van der Waals surface area (Å²) < 4.78 is 60.5. The van der Waals surface area contributed by atoms with E-state index in [0.29, 0.717) is 29.2 Å². The second-order valence-corrected chi connectivity index (χ2v) is 12.6. The fraction of sp³-hybridized carbons (Fsp3) is 0.464. The van der Waals surface area contributed by atoms with Gasteiger partial charge < -0.3 is 15.3 Å². The number of nitrogens with one attached hydrogen (secondary N) is 2. The zero-order valence-electron chi connectivity index (χ0n) is 23.4. The number of para-hydroxylation sites is 1. The van der Waals surface area contributed by atoms with Crippen LogP contribution < -0.4 is 14.9 Å². The summed E-state index contributed by atoms with van der Waals surface area (Å²) in [4.78, 5) is 21.1. The number of halogens is 4. The van der Waals surface area contributed by atoms with Gasteiger partial charge in [-0.3, -0.25) is 0 Å². The van der Waals surface area contributed by atoms with Gasteiger partial charge in [-0.25, -0.2) is 22.9 Å². The summed E-state index contributed by atoms with van der Waals surface area (Å²) in [5.41, 5.74) is 0.952. The molecule has 0 spiro atoms. The molecule has 2 aromatic carbocycles. The number of nitrogens with zero attached hydrogens (tertiary/aromatic N) is 3. The minimum atomic E-state index is -5.08. The van der Waals surface area contributed by atoms with E-state index in [9.17, 15) is 21.6 Å². The number of anilines is 2. The Morgan fingerprint density at radius 2 is 1.52 bits per heavy atom. The van der Waals surface area contributed by atoms with Crippen LogP contribution in [0.5, 0.6) is 0 Å². The summed E-state index contributed by atoms with van der Waals surface area (Å²) in [6.07, 6.45) is -0.931. The number of rotatable bonds is 10. The first-order chi connectivity index (χ1) is 19.8. The van der Waals surface area contributed by atoms with Gasteiger partial charge in [-0.05, 0) is 87.8 Å². The van der Waals surface area contributed by atoms with Crippen LogP contribution in [0.2, 0.25) is 0 Å². The number of alkyl halides is 3. The summed E-state index contributed by atoms with van der Waals surface area (Å²) in [5, 5.41) is 11.7. The average molecular weight is 675 g/mol. The van der Waals surface area contributed by atoms with Crippen LogP contribution in [0.15, 0.2) is 57.9 Å². The number of hydrogen-bond donors (Lipinski definition) is 3. The zero-order valence-corrected chi connectivity index (χ0v) is 25.8. The number of hydrogen-bond acceptors (Lipinski definition) is 7. The number of carbonyl (C=O) groups is 1. The fourth-order valence-corrected chi connectivity index (χ4v) is 6.08. The van der Waals surface area contributed by atoms with Gasteiger partial charge in [0, 0.05) is 36.0 Å². The minimum absolute atomic E-state index is 0.304.